The van der Waals surface area contributed by atoms with Gasteiger partial charge < -0.3 is 4.90 Å². The Bertz CT molecular complexity index is 661. The van der Waals surface area contributed by atoms with Gasteiger partial charge in [0.25, 0.3) is 0 Å². The molecule has 0 saturated heterocycles. The number of ketones is 1. The maximum Gasteiger partial charge on any atom is 0.208 e. The number of carbonyl (C=O) groups is 1. The van der Waals surface area contributed by atoms with Gasteiger partial charge in [-0.05, 0) is 19.1 Å². The standard InChI is InChI=1S/C13H13F2N3OS2/c1-7(20-13-17-16-12(21-13)18(2)3)11(19)9-5-4-8(14)6-10(9)15/h4-7H,1-3H3/t7-/m1/s1. The normalized spacial score (nSPS) is 12.2. The zero-order chi connectivity index (χ0) is 15.6. The summed E-state index contributed by atoms with van der Waals surface area (Å²) in [7, 11) is 3.69. The van der Waals surface area contributed by atoms with Gasteiger partial charge in [0.2, 0.25) is 5.13 Å². The lowest BCUT2D eigenvalue weighted by molar-refractivity contribution is 0.0990. The number of carbonyl (C=O) groups excluding carboxylic acids is 1. The SMILES string of the molecule is C[C@@H](Sc1nnc(N(C)C)s1)C(=O)c1ccc(F)cc1F. The maximum absolute atomic E-state index is 13.6. The van der Waals surface area contributed by atoms with Gasteiger partial charge in [-0.25, -0.2) is 8.78 Å². The fraction of sp³-hybridized carbons (Fsp3) is 0.308. The Morgan fingerprint density at radius 3 is 2.62 bits per heavy atom. The van der Waals surface area contributed by atoms with Gasteiger partial charge in [0.05, 0.1) is 10.8 Å². The molecule has 4 nitrogen and oxygen atoms in total. The number of anilines is 1. The Hall–Kier alpha value is -1.54. The molecule has 2 rings (SSSR count). The molecule has 0 N–H and O–H groups in total. The number of rotatable bonds is 5. The van der Waals surface area contributed by atoms with Crippen LogP contribution in [-0.2, 0) is 0 Å². The molecule has 1 heterocycles. The van der Waals surface area contributed by atoms with Gasteiger partial charge in [0.1, 0.15) is 11.6 Å². The van der Waals surface area contributed by atoms with Crippen molar-refractivity contribution in [3.05, 3.63) is 35.4 Å². The first-order chi connectivity index (χ1) is 9.88. The summed E-state index contributed by atoms with van der Waals surface area (Å²) in [6.07, 6.45) is 0. The van der Waals surface area contributed by atoms with Crippen molar-refractivity contribution in [2.24, 2.45) is 0 Å². The molecule has 0 unspecified atom stereocenters. The lowest BCUT2D eigenvalue weighted by Gasteiger charge is -2.09. The summed E-state index contributed by atoms with van der Waals surface area (Å²) in [4.78, 5) is 14.0. The molecule has 1 aromatic carbocycles. The van der Waals surface area contributed by atoms with Crippen molar-refractivity contribution in [3.63, 3.8) is 0 Å². The molecular formula is C13H13F2N3OS2. The Morgan fingerprint density at radius 1 is 1.33 bits per heavy atom. The van der Waals surface area contributed by atoms with Gasteiger partial charge in [-0.2, -0.15) is 0 Å². The third-order valence-corrected chi connectivity index (χ3v) is 4.90. The fourth-order valence-corrected chi connectivity index (χ4v) is 3.52. The van der Waals surface area contributed by atoms with E-state index >= 15 is 0 Å². The van der Waals surface area contributed by atoms with Crippen molar-refractivity contribution in [1.82, 2.24) is 10.2 Å². The quantitative estimate of drug-likeness (QED) is 0.622. The van der Waals surface area contributed by atoms with Crippen LogP contribution in [0.25, 0.3) is 0 Å². The molecule has 0 aliphatic heterocycles. The van der Waals surface area contributed by atoms with Crippen LogP contribution in [0.5, 0.6) is 0 Å². The molecule has 1 atom stereocenters. The van der Waals surface area contributed by atoms with Gasteiger partial charge in [-0.15, -0.1) is 10.2 Å². The van der Waals surface area contributed by atoms with E-state index in [-0.39, 0.29) is 5.56 Å². The second kappa shape index (κ2) is 6.48. The lowest BCUT2D eigenvalue weighted by atomic mass is 10.1. The predicted octanol–water partition coefficient (Wildman–Crippen LogP) is 3.25. The third-order valence-electron chi connectivity index (χ3n) is 2.62. The molecule has 21 heavy (non-hydrogen) atoms. The Morgan fingerprint density at radius 2 is 2.05 bits per heavy atom. The highest BCUT2D eigenvalue weighted by atomic mass is 32.2. The van der Waals surface area contributed by atoms with Crippen molar-refractivity contribution in [3.8, 4) is 0 Å². The Labute approximate surface area is 129 Å². The zero-order valence-corrected chi connectivity index (χ0v) is 13.3. The zero-order valence-electron chi connectivity index (χ0n) is 11.6. The summed E-state index contributed by atoms with van der Waals surface area (Å²) in [5.41, 5.74) is -0.117. The first kappa shape index (κ1) is 15.8. The second-order valence-electron chi connectivity index (χ2n) is 4.49. The molecule has 0 fully saturated rings. The number of thioether (sulfide) groups is 1. The fourth-order valence-electron chi connectivity index (χ4n) is 1.54. The maximum atomic E-state index is 13.6. The average Bonchev–Trinajstić information content (AvgIpc) is 2.86. The Balaban J connectivity index is 2.11. The average molecular weight is 329 g/mol. The molecule has 0 radical (unpaired) electrons. The topological polar surface area (TPSA) is 46.1 Å². The van der Waals surface area contributed by atoms with Gasteiger partial charge in [0.15, 0.2) is 10.1 Å². The molecule has 8 heteroatoms. The number of benzene rings is 1. The summed E-state index contributed by atoms with van der Waals surface area (Å²) in [5.74, 6) is -1.96. The summed E-state index contributed by atoms with van der Waals surface area (Å²) >= 11 is 2.56. The lowest BCUT2D eigenvalue weighted by Crippen LogP contribution is -2.15. The third kappa shape index (κ3) is 3.76. The van der Waals surface area contributed by atoms with Crippen molar-refractivity contribution < 1.29 is 13.6 Å². The minimum absolute atomic E-state index is 0.117. The van der Waals surface area contributed by atoms with E-state index in [0.29, 0.717) is 10.4 Å². The first-order valence-electron chi connectivity index (χ1n) is 6.05. The van der Waals surface area contributed by atoms with Gasteiger partial charge in [-0.3, -0.25) is 4.79 Å². The summed E-state index contributed by atoms with van der Waals surface area (Å²) in [6, 6.07) is 2.94. The van der Waals surface area contributed by atoms with Gasteiger partial charge in [-0.1, -0.05) is 23.1 Å². The van der Waals surface area contributed by atoms with E-state index in [9.17, 15) is 13.6 Å². The number of nitrogens with zero attached hydrogens (tertiary/aromatic N) is 3. The first-order valence-corrected chi connectivity index (χ1v) is 7.75. The van der Waals surface area contributed by atoms with Crippen LogP contribution >= 0.6 is 23.1 Å². The van der Waals surface area contributed by atoms with Crippen LogP contribution in [0.1, 0.15) is 17.3 Å². The number of hydrogen-bond donors (Lipinski definition) is 0. The van der Waals surface area contributed by atoms with E-state index in [4.69, 9.17) is 0 Å². The van der Waals surface area contributed by atoms with Crippen LogP contribution < -0.4 is 4.90 Å². The van der Waals surface area contributed by atoms with E-state index in [1.165, 1.54) is 23.1 Å². The van der Waals surface area contributed by atoms with Crippen molar-refractivity contribution in [2.45, 2.75) is 16.5 Å². The molecule has 0 aliphatic rings. The number of aromatic nitrogens is 2. The van der Waals surface area contributed by atoms with Crippen molar-refractivity contribution in [1.29, 1.82) is 0 Å². The van der Waals surface area contributed by atoms with Crippen molar-refractivity contribution in [2.75, 3.05) is 19.0 Å². The second-order valence-corrected chi connectivity index (χ2v) is 7.04. The number of hydrogen-bond acceptors (Lipinski definition) is 6. The predicted molar refractivity (Wildman–Crippen MR) is 80.2 cm³/mol. The molecule has 0 spiro atoms. The van der Waals surface area contributed by atoms with Crippen LogP contribution in [0.4, 0.5) is 13.9 Å². The highest BCUT2D eigenvalue weighted by Crippen LogP contribution is 2.31. The molecular weight excluding hydrogens is 316 g/mol. The van der Waals surface area contributed by atoms with Crippen molar-refractivity contribution >= 4 is 34.0 Å². The number of halogens is 2. The summed E-state index contributed by atoms with van der Waals surface area (Å²) in [5, 5.41) is 8.14. The summed E-state index contributed by atoms with van der Waals surface area (Å²) < 4.78 is 27.1. The highest BCUT2D eigenvalue weighted by molar-refractivity contribution is 8.02. The van der Waals surface area contributed by atoms with Crippen LogP contribution in [0.15, 0.2) is 22.5 Å². The number of Topliss-reactive ketones (excluding diaryl/α,β-unsaturated/α-hetero) is 1. The smallest absolute Gasteiger partial charge is 0.208 e. The Kier molecular flexibility index (Phi) is 4.89. The molecule has 0 bridgehead atoms. The molecule has 0 amide bonds. The van der Waals surface area contributed by atoms with E-state index in [1.54, 1.807) is 6.92 Å². The van der Waals surface area contributed by atoms with E-state index in [2.05, 4.69) is 10.2 Å². The van der Waals surface area contributed by atoms with Gasteiger partial charge >= 0.3 is 0 Å². The molecule has 0 saturated carbocycles. The van der Waals surface area contributed by atoms with E-state index < -0.39 is 22.7 Å². The molecule has 1 aromatic heterocycles. The molecule has 112 valence electrons. The molecule has 2 aromatic rings. The van der Waals surface area contributed by atoms with Gasteiger partial charge in [0, 0.05) is 20.2 Å². The summed E-state index contributed by atoms with van der Waals surface area (Å²) in [6.45, 7) is 1.66. The van der Waals surface area contributed by atoms with Crippen LogP contribution in [0.3, 0.4) is 0 Å². The van der Waals surface area contributed by atoms with Crippen LogP contribution in [0.2, 0.25) is 0 Å². The minimum atomic E-state index is -0.848. The van der Waals surface area contributed by atoms with E-state index in [1.807, 2.05) is 19.0 Å². The largest absolute Gasteiger partial charge is 0.353 e. The highest BCUT2D eigenvalue weighted by Gasteiger charge is 2.22. The minimum Gasteiger partial charge on any atom is -0.353 e. The monoisotopic (exact) mass is 329 g/mol. The van der Waals surface area contributed by atoms with Crippen LogP contribution in [-0.4, -0.2) is 35.3 Å². The van der Waals surface area contributed by atoms with E-state index in [0.717, 1.165) is 17.3 Å². The molecule has 0 aliphatic carbocycles. The van der Waals surface area contributed by atoms with Crippen LogP contribution in [0, 0.1) is 11.6 Å².